The molecule has 0 amide bonds. The lowest BCUT2D eigenvalue weighted by molar-refractivity contribution is -0.153. The van der Waals surface area contributed by atoms with E-state index in [9.17, 15) is 19.5 Å². The van der Waals surface area contributed by atoms with E-state index in [0.717, 1.165) is 6.08 Å². The number of Topliss-reactive ketones (excluding diaryl/α,β-unsaturated/α-hetero) is 1. The number of esters is 1. The lowest BCUT2D eigenvalue weighted by atomic mass is 9.74. The van der Waals surface area contributed by atoms with Gasteiger partial charge in [-0.1, -0.05) is 11.6 Å². The van der Waals surface area contributed by atoms with Crippen LogP contribution in [0.4, 0.5) is 0 Å². The molecule has 1 aliphatic carbocycles. The minimum absolute atomic E-state index is 0.186. The molecule has 4 rings (SSSR count). The van der Waals surface area contributed by atoms with Crippen molar-refractivity contribution >= 4 is 34.9 Å². The number of allylic oxidation sites excluding steroid dienone is 1. The quantitative estimate of drug-likeness (QED) is 0.259. The number of rotatable bonds is 3. The number of carbonyl (C=O) groups is 3. The summed E-state index contributed by atoms with van der Waals surface area (Å²) in [5.41, 5.74) is -0.997. The first-order chi connectivity index (χ1) is 14.0. The molecule has 0 radical (unpaired) electrons. The standard InChI is InChI=1S/C22H18ClNO6/c1-21(2)8-12-6-14-18(16(26)7-15(25)11-4-5-17(23)24-9-11)20(28)30-22(14,3)19(27)13(12)10-29-21/h4-7,9-10,25H,8H2,1-3H3. The smallest absolute Gasteiger partial charge is 0.343 e. The predicted molar refractivity (Wildman–Crippen MR) is 107 cm³/mol. The zero-order valence-corrected chi connectivity index (χ0v) is 17.2. The van der Waals surface area contributed by atoms with E-state index in [4.69, 9.17) is 21.1 Å². The van der Waals surface area contributed by atoms with Gasteiger partial charge in [0, 0.05) is 29.8 Å². The molecule has 1 N–H and O–H groups in total. The highest BCUT2D eigenvalue weighted by Crippen LogP contribution is 2.46. The second-order valence-electron chi connectivity index (χ2n) is 8.06. The summed E-state index contributed by atoms with van der Waals surface area (Å²) in [6, 6.07) is 2.94. The number of hydrogen-bond acceptors (Lipinski definition) is 7. The number of aliphatic hydroxyl groups is 1. The Morgan fingerprint density at radius 2 is 2.00 bits per heavy atom. The van der Waals surface area contributed by atoms with Gasteiger partial charge in [-0.05, 0) is 44.6 Å². The third kappa shape index (κ3) is 3.15. The van der Waals surface area contributed by atoms with E-state index >= 15 is 0 Å². The minimum atomic E-state index is -1.62. The van der Waals surface area contributed by atoms with Crippen molar-refractivity contribution in [3.63, 3.8) is 0 Å². The van der Waals surface area contributed by atoms with Crippen molar-refractivity contribution in [2.24, 2.45) is 0 Å². The van der Waals surface area contributed by atoms with Crippen LogP contribution in [0.15, 0.2) is 59.0 Å². The fourth-order valence-corrected chi connectivity index (χ4v) is 3.82. The highest BCUT2D eigenvalue weighted by atomic mass is 35.5. The largest absolute Gasteiger partial charge is 0.507 e. The maximum atomic E-state index is 13.1. The van der Waals surface area contributed by atoms with Gasteiger partial charge in [0.1, 0.15) is 22.1 Å². The van der Waals surface area contributed by atoms with Crippen molar-refractivity contribution in [1.82, 2.24) is 4.98 Å². The Morgan fingerprint density at radius 3 is 2.67 bits per heavy atom. The summed E-state index contributed by atoms with van der Waals surface area (Å²) in [7, 11) is 0. The van der Waals surface area contributed by atoms with Crippen molar-refractivity contribution in [1.29, 1.82) is 0 Å². The zero-order valence-electron chi connectivity index (χ0n) is 16.5. The van der Waals surface area contributed by atoms with Crippen LogP contribution in [0.25, 0.3) is 5.76 Å². The molecule has 7 nitrogen and oxygen atoms in total. The van der Waals surface area contributed by atoms with Crippen LogP contribution >= 0.6 is 11.6 Å². The lowest BCUT2D eigenvalue weighted by Crippen LogP contribution is -2.43. The van der Waals surface area contributed by atoms with Crippen molar-refractivity contribution in [2.75, 3.05) is 0 Å². The Morgan fingerprint density at radius 1 is 1.27 bits per heavy atom. The molecule has 2 aliphatic heterocycles. The first-order valence-corrected chi connectivity index (χ1v) is 9.58. The molecule has 0 fully saturated rings. The summed E-state index contributed by atoms with van der Waals surface area (Å²) in [6.07, 6.45) is 5.65. The van der Waals surface area contributed by atoms with Crippen LogP contribution in [0.2, 0.25) is 5.15 Å². The van der Waals surface area contributed by atoms with Gasteiger partial charge in [-0.25, -0.2) is 9.78 Å². The molecule has 0 aromatic carbocycles. The summed E-state index contributed by atoms with van der Waals surface area (Å²) in [6.45, 7) is 5.19. The van der Waals surface area contributed by atoms with Gasteiger partial charge < -0.3 is 14.6 Å². The topological polar surface area (TPSA) is 103 Å². The highest BCUT2D eigenvalue weighted by Gasteiger charge is 2.54. The molecule has 8 heteroatoms. The molecule has 154 valence electrons. The number of hydrogen-bond donors (Lipinski definition) is 1. The molecular formula is C22H18ClNO6. The van der Waals surface area contributed by atoms with Gasteiger partial charge >= 0.3 is 5.97 Å². The van der Waals surface area contributed by atoms with E-state index in [1.54, 1.807) is 6.08 Å². The second-order valence-corrected chi connectivity index (χ2v) is 8.45. The number of aromatic nitrogens is 1. The normalized spacial score (nSPS) is 25.0. The van der Waals surface area contributed by atoms with Crippen LogP contribution in [0.3, 0.4) is 0 Å². The molecule has 1 aromatic heterocycles. The Bertz CT molecular complexity index is 1120. The summed E-state index contributed by atoms with van der Waals surface area (Å²) >= 11 is 5.73. The van der Waals surface area contributed by atoms with Crippen LogP contribution in [0.1, 0.15) is 32.8 Å². The van der Waals surface area contributed by atoms with Crippen molar-refractivity contribution in [3.8, 4) is 0 Å². The van der Waals surface area contributed by atoms with Crippen molar-refractivity contribution in [2.45, 2.75) is 38.4 Å². The highest BCUT2D eigenvalue weighted by molar-refractivity contribution is 6.29. The van der Waals surface area contributed by atoms with Crippen LogP contribution in [0, 0.1) is 0 Å². The number of aliphatic hydroxyl groups excluding tert-OH is 1. The minimum Gasteiger partial charge on any atom is -0.507 e. The van der Waals surface area contributed by atoms with Gasteiger partial charge in [0.15, 0.2) is 11.4 Å². The van der Waals surface area contributed by atoms with E-state index in [2.05, 4.69) is 4.98 Å². The van der Waals surface area contributed by atoms with Crippen molar-refractivity contribution in [3.05, 3.63) is 69.8 Å². The average Bonchev–Trinajstić information content (AvgIpc) is 2.92. The Labute approximate surface area is 177 Å². The van der Waals surface area contributed by atoms with Crippen LogP contribution in [-0.4, -0.2) is 38.8 Å². The number of ether oxygens (including phenoxy) is 2. The molecule has 0 spiro atoms. The molecule has 0 saturated heterocycles. The van der Waals surface area contributed by atoms with Crippen LogP contribution in [0.5, 0.6) is 0 Å². The Balaban J connectivity index is 1.80. The van der Waals surface area contributed by atoms with Crippen LogP contribution in [-0.2, 0) is 23.9 Å². The molecule has 3 aliphatic rings. The average molecular weight is 428 g/mol. The van der Waals surface area contributed by atoms with Gasteiger partial charge in [0.05, 0.1) is 11.8 Å². The summed E-state index contributed by atoms with van der Waals surface area (Å²) in [5.74, 6) is -2.52. The molecule has 0 bridgehead atoms. The molecule has 3 heterocycles. The molecule has 30 heavy (non-hydrogen) atoms. The number of nitrogens with zero attached hydrogens (tertiary/aromatic N) is 1. The molecule has 1 atom stereocenters. The van der Waals surface area contributed by atoms with Gasteiger partial charge in [0.25, 0.3) is 0 Å². The number of fused-ring (bicyclic) bond motifs is 2. The monoisotopic (exact) mass is 427 g/mol. The van der Waals surface area contributed by atoms with Gasteiger partial charge in [-0.15, -0.1) is 0 Å². The van der Waals surface area contributed by atoms with E-state index in [0.29, 0.717) is 17.6 Å². The SMILES string of the molecule is CC1(C)CC2=CC3=C(C(=O)C=C(O)c4ccc(Cl)nc4)C(=O)OC3(C)C(=O)C2=CO1. The molecule has 1 unspecified atom stereocenters. The Hall–Kier alpha value is -3.19. The van der Waals surface area contributed by atoms with E-state index in [1.165, 1.54) is 31.5 Å². The molecule has 0 saturated carbocycles. The summed E-state index contributed by atoms with van der Waals surface area (Å²) in [4.78, 5) is 42.3. The van der Waals surface area contributed by atoms with Gasteiger partial charge in [-0.2, -0.15) is 0 Å². The summed E-state index contributed by atoms with van der Waals surface area (Å²) < 4.78 is 10.9. The van der Waals surface area contributed by atoms with Crippen LogP contribution < -0.4 is 0 Å². The number of pyridine rings is 1. The predicted octanol–water partition coefficient (Wildman–Crippen LogP) is 3.41. The summed E-state index contributed by atoms with van der Waals surface area (Å²) in [5, 5.41) is 10.5. The second kappa shape index (κ2) is 6.67. The van der Waals surface area contributed by atoms with E-state index < -0.39 is 28.7 Å². The van der Waals surface area contributed by atoms with E-state index in [-0.39, 0.29) is 27.6 Å². The maximum absolute atomic E-state index is 13.1. The zero-order chi connectivity index (χ0) is 21.8. The third-order valence-corrected chi connectivity index (χ3v) is 5.50. The van der Waals surface area contributed by atoms with Crippen molar-refractivity contribution < 1.29 is 29.0 Å². The Kier molecular flexibility index (Phi) is 4.47. The fourth-order valence-electron chi connectivity index (χ4n) is 3.71. The first kappa shape index (κ1) is 20.1. The fraction of sp³-hybridized carbons (Fsp3) is 0.273. The molecular weight excluding hydrogens is 410 g/mol. The maximum Gasteiger partial charge on any atom is 0.343 e. The van der Waals surface area contributed by atoms with Gasteiger partial charge in [0.2, 0.25) is 5.78 Å². The molecule has 1 aromatic rings. The number of ketones is 2. The van der Waals surface area contributed by atoms with E-state index in [1.807, 2.05) is 13.8 Å². The number of carbonyl (C=O) groups excluding carboxylic acids is 3. The number of halogens is 1. The lowest BCUT2D eigenvalue weighted by Gasteiger charge is -2.37. The third-order valence-electron chi connectivity index (χ3n) is 5.28. The first-order valence-electron chi connectivity index (χ1n) is 9.20. The van der Waals surface area contributed by atoms with Gasteiger partial charge in [-0.3, -0.25) is 9.59 Å².